The van der Waals surface area contributed by atoms with E-state index in [2.05, 4.69) is 35.6 Å². The van der Waals surface area contributed by atoms with Crippen LogP contribution in [0.1, 0.15) is 112 Å². The Morgan fingerprint density at radius 1 is 0.864 bits per heavy atom. The van der Waals surface area contributed by atoms with Gasteiger partial charge in [0.1, 0.15) is 29.5 Å². The van der Waals surface area contributed by atoms with Gasteiger partial charge in [-0.15, -0.1) is 24.5 Å². The number of pyridine rings is 1. The lowest BCUT2D eigenvalue weighted by Crippen LogP contribution is -2.57. The summed E-state index contributed by atoms with van der Waals surface area (Å²) in [6, 6.07) is 12.3. The van der Waals surface area contributed by atoms with E-state index in [9.17, 15) is 47.0 Å². The van der Waals surface area contributed by atoms with Crippen molar-refractivity contribution in [3.05, 3.63) is 101 Å². The number of imidazole rings is 1. The number of hydrogen-bond acceptors (Lipinski definition) is 13. The van der Waals surface area contributed by atoms with Crippen LogP contribution in [0.25, 0.3) is 21.7 Å². The Kier molecular flexibility index (Phi) is 21.0. The number of piperidine rings is 1. The lowest BCUT2D eigenvalue weighted by atomic mass is 9.85. The van der Waals surface area contributed by atoms with E-state index in [4.69, 9.17) is 10.5 Å². The zero-order chi connectivity index (χ0) is 58.4. The fraction of sp³-hybridized carbons (Fsp3) is 0.491. The molecule has 2 aliphatic rings. The Morgan fingerprint density at radius 3 is 2.22 bits per heavy atom. The third kappa shape index (κ3) is 17.8. The Hall–Kier alpha value is -7.47. The summed E-state index contributed by atoms with van der Waals surface area (Å²) < 4.78 is 64.4. The third-order valence-corrected chi connectivity index (χ3v) is 15.1. The minimum Gasteiger partial charge on any atom is -0.471 e. The Balaban J connectivity index is 0.759. The van der Waals surface area contributed by atoms with Gasteiger partial charge in [-0.25, -0.2) is 19.3 Å². The summed E-state index contributed by atoms with van der Waals surface area (Å²) in [6.07, 6.45) is 0.999. The van der Waals surface area contributed by atoms with E-state index in [0.29, 0.717) is 62.0 Å². The first-order valence-electron chi connectivity index (χ1n) is 27.1. The average Bonchev–Trinajstić information content (AvgIpc) is 4.20. The van der Waals surface area contributed by atoms with Gasteiger partial charge in [0.05, 0.1) is 47.2 Å². The number of thiazole rings is 1. The monoisotopic (exact) mass is 1150 g/mol. The molecule has 2 fully saturated rings. The number of unbranched alkanes of at least 4 members (excludes halogenated alkanes) is 4. The quantitative estimate of drug-likeness (QED) is 0.0293. The molecule has 2 saturated heterocycles. The molecule has 436 valence electrons. The molecule has 24 heteroatoms. The molecule has 0 saturated carbocycles. The number of β-amino-alcohol motifs (C(OH)–C–C–N with tert-alkyl or cyclic N) is 1. The highest BCUT2D eigenvalue weighted by atomic mass is 32.1. The summed E-state index contributed by atoms with van der Waals surface area (Å²) in [4.78, 5) is 95.5. The van der Waals surface area contributed by atoms with Crippen LogP contribution in [0.5, 0.6) is 11.6 Å². The molecule has 3 aromatic heterocycles. The van der Waals surface area contributed by atoms with Crippen LogP contribution in [-0.4, -0.2) is 133 Å². The molecular weight excluding hydrogens is 1080 g/mol. The number of halogens is 4. The van der Waals surface area contributed by atoms with Crippen LogP contribution < -0.4 is 31.2 Å². The SMILES string of the molecule is Cc1ncsc1-c1ccc(CNC(=O)[C@@H]2C[C@@H](O)CN2C(=O)[C@@H](NC(=O)CCCCCCC(=O)NCCCCn2cnc(-c3cnc(O[C@@H]4CCN(C(=O)Cc5ccc(OC(F)(F)F)cc5)C[C@H]4F)c(C(N)=O)c3)c2)C(C)(C)C)cc1. The minimum absolute atomic E-state index is 0.0200. The molecule has 2 aliphatic heterocycles. The molecule has 6 amide bonds. The molecule has 0 aliphatic carbocycles. The average molecular weight is 1150 g/mol. The van der Waals surface area contributed by atoms with Crippen molar-refractivity contribution in [3.63, 3.8) is 0 Å². The number of primary amides is 1. The number of carbonyl (C=O) groups is 6. The molecule has 6 N–H and O–H groups in total. The fourth-order valence-electron chi connectivity index (χ4n) is 9.65. The van der Waals surface area contributed by atoms with Crippen LogP contribution in [0.2, 0.25) is 0 Å². The Morgan fingerprint density at radius 2 is 1.57 bits per heavy atom. The number of likely N-dealkylation sites (tertiary alicyclic amines) is 2. The van der Waals surface area contributed by atoms with E-state index >= 15 is 4.39 Å². The van der Waals surface area contributed by atoms with Crippen molar-refractivity contribution in [3.8, 4) is 33.3 Å². The zero-order valence-electron chi connectivity index (χ0n) is 45.8. The predicted octanol–water partition coefficient (Wildman–Crippen LogP) is 6.98. The van der Waals surface area contributed by atoms with Gasteiger partial charge in [-0.3, -0.25) is 28.8 Å². The van der Waals surface area contributed by atoms with Crippen LogP contribution >= 0.6 is 11.3 Å². The van der Waals surface area contributed by atoms with E-state index in [1.165, 1.54) is 34.2 Å². The first kappa shape index (κ1) is 61.2. The van der Waals surface area contributed by atoms with Crippen LogP contribution in [0.4, 0.5) is 17.6 Å². The molecule has 5 atom stereocenters. The second-order valence-corrected chi connectivity index (χ2v) is 22.4. The highest BCUT2D eigenvalue weighted by molar-refractivity contribution is 7.13. The van der Waals surface area contributed by atoms with E-state index < -0.39 is 65.7 Å². The number of alkyl halides is 4. The minimum atomic E-state index is -4.85. The van der Waals surface area contributed by atoms with E-state index in [-0.39, 0.29) is 81.0 Å². The number of ether oxygens (including phenoxy) is 2. The fourth-order valence-corrected chi connectivity index (χ4v) is 10.5. The van der Waals surface area contributed by atoms with Gasteiger partial charge >= 0.3 is 6.36 Å². The van der Waals surface area contributed by atoms with Gasteiger partial charge in [0, 0.05) is 76.4 Å². The molecule has 0 unspecified atom stereocenters. The van der Waals surface area contributed by atoms with E-state index in [1.807, 2.05) is 56.5 Å². The van der Waals surface area contributed by atoms with Gasteiger partial charge in [-0.05, 0) is 72.9 Å². The summed E-state index contributed by atoms with van der Waals surface area (Å²) in [6.45, 7) is 8.59. The van der Waals surface area contributed by atoms with Crippen molar-refractivity contribution in [1.29, 1.82) is 0 Å². The largest absolute Gasteiger partial charge is 0.573 e. The molecule has 0 radical (unpaired) electrons. The van der Waals surface area contributed by atoms with Gasteiger partial charge in [0.15, 0.2) is 6.17 Å². The van der Waals surface area contributed by atoms with Crippen molar-refractivity contribution < 1.29 is 60.9 Å². The van der Waals surface area contributed by atoms with Gasteiger partial charge in [0.2, 0.25) is 35.4 Å². The maximum Gasteiger partial charge on any atom is 0.573 e. The lowest BCUT2D eigenvalue weighted by molar-refractivity contribution is -0.274. The number of carbonyl (C=O) groups excluding carboxylic acids is 6. The topological polar surface area (TPSA) is 253 Å². The smallest absolute Gasteiger partial charge is 0.471 e. The van der Waals surface area contributed by atoms with E-state index in [0.717, 1.165) is 46.7 Å². The number of aliphatic hydroxyl groups excluding tert-OH is 1. The molecule has 81 heavy (non-hydrogen) atoms. The molecule has 19 nitrogen and oxygen atoms in total. The number of aliphatic hydroxyl groups is 1. The highest BCUT2D eigenvalue weighted by Crippen LogP contribution is 2.31. The standard InChI is InChI=1S/C57H70F4N10O9S/c1-35-50(81-34-67-35)38-17-13-37(14-18-38)28-64-53(77)45-27-40(72)30-71(45)55(78)51(56(2,3)4)68-48(74)12-8-6-5-7-11-47(73)63-22-9-10-23-69-32-44(66-33-69)39-26-42(52(62)76)54(65-29-39)79-46-21-24-70(31-43(46)58)49(75)25-36-15-19-41(20-16-36)80-57(59,60)61/h13-20,26,29,32-34,40,43,45-46,51,72H,5-12,21-25,27-28,30-31H2,1-4H3,(H2,62,76)(H,63,73)(H,64,77)(H,68,74)/t40-,43-,45+,46-,51-/m1/s1. The van der Waals surface area contributed by atoms with Gasteiger partial charge in [-0.1, -0.05) is 70.0 Å². The van der Waals surface area contributed by atoms with Gasteiger partial charge < -0.3 is 50.6 Å². The second-order valence-electron chi connectivity index (χ2n) is 21.5. The van der Waals surface area contributed by atoms with Crippen molar-refractivity contribution in [2.45, 2.75) is 148 Å². The van der Waals surface area contributed by atoms with E-state index in [1.54, 1.807) is 29.4 Å². The first-order chi connectivity index (χ1) is 38.5. The number of benzene rings is 2. The number of nitrogens with one attached hydrogen (secondary N) is 3. The number of amides is 6. The van der Waals surface area contributed by atoms with Crippen molar-refractivity contribution >= 4 is 46.8 Å². The summed E-state index contributed by atoms with van der Waals surface area (Å²) in [5.74, 6) is -3.04. The lowest BCUT2D eigenvalue weighted by Gasteiger charge is -2.35. The third-order valence-electron chi connectivity index (χ3n) is 14.1. The Labute approximate surface area is 471 Å². The molecule has 7 rings (SSSR count). The van der Waals surface area contributed by atoms with Crippen molar-refractivity contribution in [2.75, 3.05) is 26.2 Å². The maximum absolute atomic E-state index is 15.4. The van der Waals surface area contributed by atoms with Crippen LogP contribution in [0.3, 0.4) is 0 Å². The summed E-state index contributed by atoms with van der Waals surface area (Å²) in [5, 5.41) is 19.4. The number of rotatable bonds is 25. The molecule has 0 spiro atoms. The zero-order valence-corrected chi connectivity index (χ0v) is 46.6. The number of aromatic nitrogens is 4. The van der Waals surface area contributed by atoms with Crippen molar-refractivity contribution in [2.24, 2.45) is 11.1 Å². The predicted molar refractivity (Wildman–Crippen MR) is 293 cm³/mol. The number of nitrogens with two attached hydrogens (primary N) is 1. The van der Waals surface area contributed by atoms with Crippen molar-refractivity contribution in [1.82, 2.24) is 45.3 Å². The highest BCUT2D eigenvalue weighted by Gasteiger charge is 2.44. The molecule has 5 heterocycles. The first-order valence-corrected chi connectivity index (χ1v) is 28.0. The van der Waals surface area contributed by atoms with Gasteiger partial charge in [0.25, 0.3) is 5.91 Å². The molecule has 0 bridgehead atoms. The Bertz CT molecular complexity index is 2970. The number of aryl methyl sites for hydroxylation is 2. The van der Waals surface area contributed by atoms with Crippen LogP contribution in [0, 0.1) is 12.3 Å². The summed E-state index contributed by atoms with van der Waals surface area (Å²) in [5.41, 5.74) is 11.0. The second kappa shape index (κ2) is 27.8. The summed E-state index contributed by atoms with van der Waals surface area (Å²) >= 11 is 1.56. The number of hydrogen-bond donors (Lipinski definition) is 5. The number of nitrogens with zero attached hydrogens (tertiary/aromatic N) is 6. The molecular formula is C57H70F4N10O9S. The van der Waals surface area contributed by atoms with Crippen LogP contribution in [0.15, 0.2) is 78.8 Å². The molecule has 5 aromatic rings. The molecule has 2 aromatic carbocycles. The maximum atomic E-state index is 15.4. The van der Waals surface area contributed by atoms with Crippen LogP contribution in [-0.2, 0) is 43.5 Å². The normalized spacial score (nSPS) is 17.8. The van der Waals surface area contributed by atoms with Gasteiger partial charge in [-0.2, -0.15) is 0 Å². The summed E-state index contributed by atoms with van der Waals surface area (Å²) in [7, 11) is 0.